The summed E-state index contributed by atoms with van der Waals surface area (Å²) in [5.41, 5.74) is 6.67. The fourth-order valence-electron chi connectivity index (χ4n) is 2.07. The Bertz CT molecular complexity index is 405. The second kappa shape index (κ2) is 7.98. The second-order valence-electron chi connectivity index (χ2n) is 6.00. The van der Waals surface area contributed by atoms with Crippen molar-refractivity contribution < 1.29 is 4.74 Å². The molecule has 0 aliphatic heterocycles. The van der Waals surface area contributed by atoms with Crippen LogP contribution in [0.3, 0.4) is 0 Å². The van der Waals surface area contributed by atoms with Crippen LogP contribution < -0.4 is 15.8 Å². The number of unbranched alkanes of at least 4 members (excludes halogenated alkanes) is 2. The molecule has 0 bridgehead atoms. The van der Waals surface area contributed by atoms with Gasteiger partial charge in [0.25, 0.3) is 0 Å². The summed E-state index contributed by atoms with van der Waals surface area (Å²) in [6.07, 6.45) is 5.07. The summed E-state index contributed by atoms with van der Waals surface area (Å²) in [6.45, 7) is 10.2. The van der Waals surface area contributed by atoms with E-state index in [0.29, 0.717) is 18.2 Å². The monoisotopic (exact) mass is 279 g/mol. The Morgan fingerprint density at radius 1 is 1.25 bits per heavy atom. The highest BCUT2D eigenvalue weighted by molar-refractivity contribution is 5.53. The van der Waals surface area contributed by atoms with E-state index in [2.05, 4.69) is 31.1 Å². The number of rotatable bonds is 9. The number of hydrogen-bond donors (Lipinski definition) is 2. The van der Waals surface area contributed by atoms with Crippen LogP contribution in [0.1, 0.15) is 53.4 Å². The number of aromatic nitrogens is 1. The summed E-state index contributed by atoms with van der Waals surface area (Å²) in [4.78, 5) is 4.40. The number of nitrogen functional groups attached to an aromatic ring is 1. The van der Waals surface area contributed by atoms with E-state index in [1.54, 1.807) is 0 Å². The van der Waals surface area contributed by atoms with Crippen LogP contribution in [0.25, 0.3) is 0 Å². The number of anilines is 2. The molecule has 1 heterocycles. The van der Waals surface area contributed by atoms with Crippen molar-refractivity contribution in [1.82, 2.24) is 4.98 Å². The van der Waals surface area contributed by atoms with Gasteiger partial charge in [0.05, 0.1) is 12.3 Å². The maximum Gasteiger partial charge on any atom is 0.239 e. The molecule has 0 radical (unpaired) electrons. The first-order chi connectivity index (χ1) is 9.48. The molecule has 0 aliphatic carbocycles. The van der Waals surface area contributed by atoms with Crippen LogP contribution in [0.2, 0.25) is 0 Å². The molecular weight excluding hydrogens is 250 g/mol. The van der Waals surface area contributed by atoms with Crippen LogP contribution in [0, 0.1) is 5.41 Å². The lowest BCUT2D eigenvalue weighted by molar-refractivity contribution is 0.328. The van der Waals surface area contributed by atoms with Gasteiger partial charge in [-0.25, -0.2) is 0 Å². The van der Waals surface area contributed by atoms with Gasteiger partial charge in [0.2, 0.25) is 5.88 Å². The minimum atomic E-state index is 0.268. The van der Waals surface area contributed by atoms with Gasteiger partial charge in [0.15, 0.2) is 0 Å². The fraction of sp³-hybridized carbons (Fsp3) is 0.688. The lowest BCUT2D eigenvalue weighted by atomic mass is 9.87. The molecule has 4 nitrogen and oxygen atoms in total. The Hall–Kier alpha value is -1.45. The molecule has 0 aromatic carbocycles. The molecule has 0 saturated heterocycles. The van der Waals surface area contributed by atoms with Crippen molar-refractivity contribution >= 4 is 11.5 Å². The van der Waals surface area contributed by atoms with Gasteiger partial charge >= 0.3 is 0 Å². The van der Waals surface area contributed by atoms with Crippen LogP contribution in [0.15, 0.2) is 12.1 Å². The van der Waals surface area contributed by atoms with E-state index < -0.39 is 0 Å². The number of ether oxygens (including phenoxy) is 1. The highest BCUT2D eigenvalue weighted by atomic mass is 16.5. The van der Waals surface area contributed by atoms with Crippen molar-refractivity contribution in [2.75, 3.05) is 24.2 Å². The van der Waals surface area contributed by atoms with Crippen LogP contribution in [-0.4, -0.2) is 18.1 Å². The van der Waals surface area contributed by atoms with E-state index in [0.717, 1.165) is 12.4 Å². The summed E-state index contributed by atoms with van der Waals surface area (Å²) in [5.74, 6) is 1.34. The maximum absolute atomic E-state index is 5.82. The minimum absolute atomic E-state index is 0.268. The molecule has 0 saturated carbocycles. The molecule has 0 fully saturated rings. The number of pyridine rings is 1. The zero-order chi connectivity index (χ0) is 15.0. The van der Waals surface area contributed by atoms with Crippen molar-refractivity contribution in [1.29, 1.82) is 0 Å². The first-order valence-corrected chi connectivity index (χ1v) is 7.61. The predicted octanol–water partition coefficient (Wildman–Crippen LogP) is 4.08. The molecule has 3 N–H and O–H groups in total. The van der Waals surface area contributed by atoms with Crippen LogP contribution in [0.4, 0.5) is 11.5 Å². The van der Waals surface area contributed by atoms with Crippen molar-refractivity contribution in [2.45, 2.75) is 53.4 Å². The third-order valence-electron chi connectivity index (χ3n) is 3.38. The topological polar surface area (TPSA) is 60.2 Å². The Balaban J connectivity index is 2.53. The third-order valence-corrected chi connectivity index (χ3v) is 3.38. The second-order valence-corrected chi connectivity index (χ2v) is 6.00. The van der Waals surface area contributed by atoms with Gasteiger partial charge < -0.3 is 15.8 Å². The number of nitrogens with zero attached hydrogens (tertiary/aromatic N) is 1. The van der Waals surface area contributed by atoms with E-state index in [1.807, 2.05) is 19.1 Å². The molecule has 1 aromatic rings. The average molecular weight is 279 g/mol. The molecular formula is C16H29N3O. The van der Waals surface area contributed by atoms with E-state index in [4.69, 9.17) is 10.5 Å². The summed E-state index contributed by atoms with van der Waals surface area (Å²) in [5, 5.41) is 3.39. The SMILES string of the molecule is CCCCCC(C)(C)CNc1ccc(N)c(OCC)n1. The lowest BCUT2D eigenvalue weighted by Crippen LogP contribution is -2.23. The molecule has 0 amide bonds. The van der Waals surface area contributed by atoms with E-state index in [-0.39, 0.29) is 5.41 Å². The molecule has 1 rings (SSSR count). The van der Waals surface area contributed by atoms with E-state index >= 15 is 0 Å². The van der Waals surface area contributed by atoms with Gasteiger partial charge in [-0.1, -0.05) is 40.0 Å². The Morgan fingerprint density at radius 2 is 2.00 bits per heavy atom. The molecule has 1 aromatic heterocycles. The van der Waals surface area contributed by atoms with Gasteiger partial charge in [-0.05, 0) is 30.9 Å². The third kappa shape index (κ3) is 5.68. The number of hydrogen-bond acceptors (Lipinski definition) is 4. The van der Waals surface area contributed by atoms with Crippen molar-refractivity contribution in [3.63, 3.8) is 0 Å². The lowest BCUT2D eigenvalue weighted by Gasteiger charge is -2.25. The van der Waals surface area contributed by atoms with Gasteiger partial charge in [0, 0.05) is 6.54 Å². The highest BCUT2D eigenvalue weighted by Crippen LogP contribution is 2.25. The molecule has 0 unspecified atom stereocenters. The normalized spacial score (nSPS) is 11.4. The Morgan fingerprint density at radius 3 is 2.65 bits per heavy atom. The minimum Gasteiger partial charge on any atom is -0.476 e. The van der Waals surface area contributed by atoms with E-state index in [9.17, 15) is 0 Å². The zero-order valence-corrected chi connectivity index (χ0v) is 13.3. The van der Waals surface area contributed by atoms with Gasteiger partial charge in [-0.2, -0.15) is 4.98 Å². The Labute approximate surface area is 123 Å². The first-order valence-electron chi connectivity index (χ1n) is 7.61. The number of nitrogens with one attached hydrogen (secondary N) is 1. The maximum atomic E-state index is 5.82. The quantitative estimate of drug-likeness (QED) is 0.669. The average Bonchev–Trinajstić information content (AvgIpc) is 2.40. The van der Waals surface area contributed by atoms with Crippen LogP contribution in [0.5, 0.6) is 5.88 Å². The molecule has 0 aliphatic rings. The molecule has 0 spiro atoms. The van der Waals surface area contributed by atoms with Gasteiger partial charge in [0.1, 0.15) is 5.82 Å². The standard InChI is InChI=1S/C16H29N3O/c1-5-7-8-11-16(3,4)12-18-14-10-9-13(17)15(19-14)20-6-2/h9-10H,5-8,11-12,17H2,1-4H3,(H,18,19). The van der Waals surface area contributed by atoms with E-state index in [1.165, 1.54) is 25.7 Å². The largest absolute Gasteiger partial charge is 0.476 e. The van der Waals surface area contributed by atoms with Crippen LogP contribution >= 0.6 is 0 Å². The molecule has 0 atom stereocenters. The van der Waals surface area contributed by atoms with Crippen molar-refractivity contribution in [3.05, 3.63) is 12.1 Å². The van der Waals surface area contributed by atoms with Gasteiger partial charge in [-0.15, -0.1) is 0 Å². The summed E-state index contributed by atoms with van der Waals surface area (Å²) < 4.78 is 5.41. The highest BCUT2D eigenvalue weighted by Gasteiger charge is 2.17. The van der Waals surface area contributed by atoms with Crippen molar-refractivity contribution in [2.24, 2.45) is 5.41 Å². The molecule has 20 heavy (non-hydrogen) atoms. The smallest absolute Gasteiger partial charge is 0.239 e. The molecule has 114 valence electrons. The first kappa shape index (κ1) is 16.6. The zero-order valence-electron chi connectivity index (χ0n) is 13.3. The predicted molar refractivity (Wildman–Crippen MR) is 86.2 cm³/mol. The van der Waals surface area contributed by atoms with Gasteiger partial charge in [-0.3, -0.25) is 0 Å². The van der Waals surface area contributed by atoms with Crippen molar-refractivity contribution in [3.8, 4) is 5.88 Å². The summed E-state index contributed by atoms with van der Waals surface area (Å²) >= 11 is 0. The van der Waals surface area contributed by atoms with Crippen LogP contribution in [-0.2, 0) is 0 Å². The summed E-state index contributed by atoms with van der Waals surface area (Å²) in [6, 6.07) is 3.74. The fourth-order valence-corrected chi connectivity index (χ4v) is 2.07. The summed E-state index contributed by atoms with van der Waals surface area (Å²) in [7, 11) is 0. The number of nitrogens with two attached hydrogens (primary N) is 1. The Kier molecular flexibility index (Phi) is 6.62. The molecule has 4 heteroatoms.